The van der Waals surface area contributed by atoms with Crippen molar-refractivity contribution in [3.8, 4) is 5.75 Å². The van der Waals surface area contributed by atoms with Crippen LogP contribution in [0.5, 0.6) is 5.75 Å². The summed E-state index contributed by atoms with van der Waals surface area (Å²) in [5, 5.41) is 18.6. The van der Waals surface area contributed by atoms with Crippen LogP contribution in [0.3, 0.4) is 0 Å². The molecule has 0 saturated heterocycles. The lowest BCUT2D eigenvalue weighted by Crippen LogP contribution is -1.86. The Morgan fingerprint density at radius 1 is 1.46 bits per heavy atom. The largest absolute Gasteiger partial charge is 0.508 e. The molecule has 0 aliphatic carbocycles. The number of phenols is 1. The Morgan fingerprint density at radius 3 is 2.69 bits per heavy atom. The molecular formula is C11H12O2. The number of hydrogen-bond donors (Lipinski definition) is 2. The van der Waals surface area contributed by atoms with Crippen molar-refractivity contribution in [3.05, 3.63) is 42.0 Å². The van der Waals surface area contributed by atoms with Crippen LogP contribution < -0.4 is 0 Å². The second-order valence-electron chi connectivity index (χ2n) is 2.65. The Kier molecular flexibility index (Phi) is 2.75. The van der Waals surface area contributed by atoms with E-state index in [9.17, 15) is 10.2 Å². The molecule has 0 spiro atoms. The fraction of sp³-hybridized carbons (Fsp3) is 0.0909. The highest BCUT2D eigenvalue weighted by Crippen LogP contribution is 2.22. The lowest BCUT2D eigenvalue weighted by Gasteiger charge is -2.04. The van der Waals surface area contributed by atoms with Crippen LogP contribution in [0.4, 0.5) is 0 Å². The fourth-order valence-electron chi connectivity index (χ4n) is 1.11. The topological polar surface area (TPSA) is 40.5 Å². The second kappa shape index (κ2) is 3.81. The third kappa shape index (κ3) is 1.90. The van der Waals surface area contributed by atoms with Gasteiger partial charge in [-0.1, -0.05) is 12.7 Å². The summed E-state index contributed by atoms with van der Waals surface area (Å²) in [5.41, 5.74) is 1.39. The highest BCUT2D eigenvalue weighted by atomic mass is 16.3. The number of aromatic hydroxyl groups is 1. The lowest BCUT2D eigenvalue weighted by molar-refractivity contribution is 0.474. The van der Waals surface area contributed by atoms with E-state index in [0.29, 0.717) is 5.56 Å². The van der Waals surface area contributed by atoms with Crippen molar-refractivity contribution in [2.75, 3.05) is 0 Å². The summed E-state index contributed by atoms with van der Waals surface area (Å²) in [7, 11) is 0. The maximum atomic E-state index is 9.46. The smallest absolute Gasteiger partial charge is 0.119 e. The molecule has 1 rings (SSSR count). The first-order valence-corrected chi connectivity index (χ1v) is 4.00. The van der Waals surface area contributed by atoms with Crippen LogP contribution in [0.1, 0.15) is 18.1 Å². The van der Waals surface area contributed by atoms with Gasteiger partial charge in [-0.25, -0.2) is 0 Å². The summed E-state index contributed by atoms with van der Waals surface area (Å²) in [6.45, 7) is 5.35. The molecule has 0 aliphatic heterocycles. The van der Waals surface area contributed by atoms with Gasteiger partial charge in [-0.3, -0.25) is 0 Å². The number of aliphatic hydroxyl groups excluding tert-OH is 1. The van der Waals surface area contributed by atoms with E-state index in [1.165, 1.54) is 6.07 Å². The lowest BCUT2D eigenvalue weighted by atomic mass is 10.1. The summed E-state index contributed by atoms with van der Waals surface area (Å²) in [4.78, 5) is 0. The van der Waals surface area contributed by atoms with E-state index >= 15 is 0 Å². The number of benzene rings is 1. The van der Waals surface area contributed by atoms with Gasteiger partial charge in [0.25, 0.3) is 0 Å². The van der Waals surface area contributed by atoms with Crippen molar-refractivity contribution < 1.29 is 10.2 Å². The van der Waals surface area contributed by atoms with Crippen LogP contribution in [-0.2, 0) is 0 Å². The molecule has 0 fully saturated rings. The number of allylic oxidation sites excluding steroid dienone is 1. The van der Waals surface area contributed by atoms with Crippen molar-refractivity contribution >= 4 is 11.8 Å². The first-order valence-electron chi connectivity index (χ1n) is 4.00. The van der Waals surface area contributed by atoms with E-state index < -0.39 is 0 Å². The Bertz CT molecular complexity index is 351. The van der Waals surface area contributed by atoms with Gasteiger partial charge >= 0.3 is 0 Å². The standard InChI is InChI=1S/C11H12O2/c1-3-8-7-9(12)5-6-10(8)11(13)4-2/h3-7,12-13H,1H2,2H3/b11-4+. The Hall–Kier alpha value is -1.70. The van der Waals surface area contributed by atoms with E-state index in [-0.39, 0.29) is 11.5 Å². The van der Waals surface area contributed by atoms with Crippen LogP contribution in [0.2, 0.25) is 0 Å². The van der Waals surface area contributed by atoms with Gasteiger partial charge in [0, 0.05) is 5.56 Å². The minimum Gasteiger partial charge on any atom is -0.508 e. The molecule has 2 nitrogen and oxygen atoms in total. The van der Waals surface area contributed by atoms with Gasteiger partial charge in [-0.2, -0.15) is 0 Å². The van der Waals surface area contributed by atoms with Gasteiger partial charge < -0.3 is 10.2 Å². The van der Waals surface area contributed by atoms with E-state index in [4.69, 9.17) is 0 Å². The third-order valence-electron chi connectivity index (χ3n) is 1.80. The molecule has 0 unspecified atom stereocenters. The van der Waals surface area contributed by atoms with Gasteiger partial charge in [0.2, 0.25) is 0 Å². The van der Waals surface area contributed by atoms with Crippen molar-refractivity contribution in [1.29, 1.82) is 0 Å². The van der Waals surface area contributed by atoms with Gasteiger partial charge in [-0.15, -0.1) is 0 Å². The van der Waals surface area contributed by atoms with Gasteiger partial charge in [0.1, 0.15) is 11.5 Å². The molecule has 0 heterocycles. The van der Waals surface area contributed by atoms with E-state index in [1.807, 2.05) is 0 Å². The average molecular weight is 176 g/mol. The minimum absolute atomic E-state index is 0.169. The first-order chi connectivity index (χ1) is 6.19. The van der Waals surface area contributed by atoms with Crippen molar-refractivity contribution in [2.45, 2.75) is 6.92 Å². The first kappa shape index (κ1) is 9.39. The van der Waals surface area contributed by atoms with E-state index in [2.05, 4.69) is 6.58 Å². The molecular weight excluding hydrogens is 164 g/mol. The Balaban J connectivity index is 3.29. The molecule has 0 aliphatic rings. The summed E-state index contributed by atoms with van der Waals surface area (Å²) in [5.74, 6) is 0.359. The highest BCUT2D eigenvalue weighted by molar-refractivity contribution is 5.70. The number of rotatable bonds is 2. The predicted octanol–water partition coefficient (Wildman–Crippen LogP) is 2.95. The predicted molar refractivity (Wildman–Crippen MR) is 54.5 cm³/mol. The molecule has 13 heavy (non-hydrogen) atoms. The highest BCUT2D eigenvalue weighted by Gasteiger charge is 2.03. The Labute approximate surface area is 77.5 Å². The molecule has 2 heteroatoms. The number of hydrogen-bond acceptors (Lipinski definition) is 2. The molecule has 0 bridgehead atoms. The van der Waals surface area contributed by atoms with Gasteiger partial charge in [0.05, 0.1) is 0 Å². The molecule has 0 saturated carbocycles. The fourth-order valence-corrected chi connectivity index (χ4v) is 1.11. The van der Waals surface area contributed by atoms with Crippen LogP contribution in [0.15, 0.2) is 30.9 Å². The van der Waals surface area contributed by atoms with Crippen LogP contribution in [0.25, 0.3) is 11.8 Å². The molecule has 68 valence electrons. The van der Waals surface area contributed by atoms with Crippen LogP contribution >= 0.6 is 0 Å². The molecule has 2 N–H and O–H groups in total. The average Bonchev–Trinajstić information content (AvgIpc) is 2.16. The van der Waals surface area contributed by atoms with E-state index in [1.54, 1.807) is 31.2 Å². The molecule has 1 aromatic rings. The summed E-state index contributed by atoms with van der Waals surface area (Å²) in [6, 6.07) is 4.74. The quantitative estimate of drug-likeness (QED) is 0.680. The SMILES string of the molecule is C=Cc1cc(O)ccc1/C(O)=C\C. The monoisotopic (exact) mass is 176 g/mol. The third-order valence-corrected chi connectivity index (χ3v) is 1.80. The maximum Gasteiger partial charge on any atom is 0.119 e. The maximum absolute atomic E-state index is 9.46. The normalized spacial score (nSPS) is 11.3. The number of aliphatic hydroxyl groups is 1. The number of phenolic OH excluding ortho intramolecular Hbond substituents is 1. The van der Waals surface area contributed by atoms with Crippen molar-refractivity contribution in [2.24, 2.45) is 0 Å². The minimum atomic E-state index is 0.169. The summed E-state index contributed by atoms with van der Waals surface area (Å²) in [6.07, 6.45) is 3.19. The van der Waals surface area contributed by atoms with Gasteiger partial charge in [-0.05, 0) is 36.8 Å². The zero-order valence-electron chi connectivity index (χ0n) is 7.49. The zero-order valence-corrected chi connectivity index (χ0v) is 7.49. The van der Waals surface area contributed by atoms with Crippen molar-refractivity contribution in [1.82, 2.24) is 0 Å². The zero-order chi connectivity index (χ0) is 9.84. The molecule has 0 atom stereocenters. The molecule has 0 aromatic heterocycles. The van der Waals surface area contributed by atoms with Crippen LogP contribution in [0, 0.1) is 0 Å². The Morgan fingerprint density at radius 2 is 2.15 bits per heavy atom. The van der Waals surface area contributed by atoms with Crippen molar-refractivity contribution in [3.63, 3.8) is 0 Å². The summed E-state index contributed by atoms with van der Waals surface area (Å²) < 4.78 is 0. The molecule has 0 radical (unpaired) electrons. The summed E-state index contributed by atoms with van der Waals surface area (Å²) >= 11 is 0. The van der Waals surface area contributed by atoms with E-state index in [0.717, 1.165) is 5.56 Å². The molecule has 0 amide bonds. The molecule has 1 aromatic carbocycles. The second-order valence-corrected chi connectivity index (χ2v) is 2.65. The van der Waals surface area contributed by atoms with Crippen LogP contribution in [-0.4, -0.2) is 10.2 Å². The van der Waals surface area contributed by atoms with Gasteiger partial charge in [0.15, 0.2) is 0 Å².